The van der Waals surface area contributed by atoms with Crippen LogP contribution in [0, 0.1) is 13.8 Å². The van der Waals surface area contributed by atoms with Crippen molar-refractivity contribution in [1.29, 1.82) is 0 Å². The van der Waals surface area contributed by atoms with Gasteiger partial charge in [0.05, 0.1) is 24.1 Å². The number of hydrogen-bond donors (Lipinski definition) is 2. The van der Waals surface area contributed by atoms with Crippen LogP contribution in [-0.4, -0.2) is 21.4 Å². The number of methoxy groups -OCH3 is 1. The Kier molecular flexibility index (Phi) is 6.42. The summed E-state index contributed by atoms with van der Waals surface area (Å²) < 4.78 is 33.1. The minimum atomic E-state index is -3.72. The van der Waals surface area contributed by atoms with E-state index in [2.05, 4.69) is 10.0 Å². The molecule has 0 saturated heterocycles. The molecule has 3 rings (SSSR count). The molecule has 2 N–H and O–H groups in total. The molecular weight excluding hydrogens is 400 g/mol. The van der Waals surface area contributed by atoms with Crippen molar-refractivity contribution in [2.45, 2.75) is 25.2 Å². The van der Waals surface area contributed by atoms with Crippen molar-refractivity contribution in [2.75, 3.05) is 17.1 Å². The molecular formula is C23H24N2O4S. The first-order chi connectivity index (χ1) is 14.3. The number of rotatable bonds is 7. The third-order valence-electron chi connectivity index (χ3n) is 4.66. The van der Waals surface area contributed by atoms with E-state index in [4.69, 9.17) is 4.74 Å². The third kappa shape index (κ3) is 5.18. The van der Waals surface area contributed by atoms with Gasteiger partial charge in [-0.2, -0.15) is 0 Å². The zero-order valence-electron chi connectivity index (χ0n) is 17.1. The highest BCUT2D eigenvalue weighted by Gasteiger charge is 2.15. The molecule has 0 unspecified atom stereocenters. The minimum Gasteiger partial charge on any atom is -0.496 e. The van der Waals surface area contributed by atoms with Crippen molar-refractivity contribution in [3.63, 3.8) is 0 Å². The lowest BCUT2D eigenvalue weighted by molar-refractivity contribution is -0.115. The lowest BCUT2D eigenvalue weighted by atomic mass is 10.1. The Morgan fingerprint density at radius 1 is 0.933 bits per heavy atom. The second-order valence-electron chi connectivity index (χ2n) is 6.98. The fourth-order valence-corrected chi connectivity index (χ4v) is 4.12. The van der Waals surface area contributed by atoms with E-state index in [1.807, 2.05) is 25.1 Å². The largest absolute Gasteiger partial charge is 0.496 e. The summed E-state index contributed by atoms with van der Waals surface area (Å²) in [5.41, 5.74) is 3.49. The SMILES string of the molecule is COc1cc(CC(=O)Nc2ccc(C)c(NS(=O)(=O)c3ccccc3)c2)ccc1C. The van der Waals surface area contributed by atoms with E-state index in [1.165, 1.54) is 12.1 Å². The molecule has 0 saturated carbocycles. The number of amides is 1. The number of hydrogen-bond acceptors (Lipinski definition) is 4. The van der Waals surface area contributed by atoms with Gasteiger partial charge in [-0.15, -0.1) is 0 Å². The van der Waals surface area contributed by atoms with Gasteiger partial charge in [0.2, 0.25) is 5.91 Å². The summed E-state index contributed by atoms with van der Waals surface area (Å²) in [5.74, 6) is 0.523. The first-order valence-electron chi connectivity index (χ1n) is 9.40. The van der Waals surface area contributed by atoms with Crippen molar-refractivity contribution in [3.05, 3.63) is 83.4 Å². The summed E-state index contributed by atoms with van der Waals surface area (Å²) in [6.07, 6.45) is 0.176. The summed E-state index contributed by atoms with van der Waals surface area (Å²) in [7, 11) is -2.12. The smallest absolute Gasteiger partial charge is 0.261 e. The predicted molar refractivity (Wildman–Crippen MR) is 118 cm³/mol. The summed E-state index contributed by atoms with van der Waals surface area (Å²) >= 11 is 0. The molecule has 0 aliphatic carbocycles. The highest BCUT2D eigenvalue weighted by molar-refractivity contribution is 7.92. The van der Waals surface area contributed by atoms with Crippen molar-refractivity contribution in [1.82, 2.24) is 0 Å². The van der Waals surface area contributed by atoms with E-state index in [-0.39, 0.29) is 17.2 Å². The van der Waals surface area contributed by atoms with Gasteiger partial charge in [-0.1, -0.05) is 36.4 Å². The topological polar surface area (TPSA) is 84.5 Å². The van der Waals surface area contributed by atoms with Gasteiger partial charge in [0.15, 0.2) is 0 Å². The molecule has 0 radical (unpaired) electrons. The van der Waals surface area contributed by atoms with Crippen molar-refractivity contribution in [2.24, 2.45) is 0 Å². The number of sulfonamides is 1. The molecule has 1 amide bonds. The second kappa shape index (κ2) is 9.00. The van der Waals surface area contributed by atoms with Crippen molar-refractivity contribution < 1.29 is 17.9 Å². The van der Waals surface area contributed by atoms with E-state index in [0.29, 0.717) is 11.4 Å². The van der Waals surface area contributed by atoms with Crippen LogP contribution in [0.5, 0.6) is 5.75 Å². The van der Waals surface area contributed by atoms with Gasteiger partial charge in [0.1, 0.15) is 5.75 Å². The second-order valence-corrected chi connectivity index (χ2v) is 8.66. The quantitative estimate of drug-likeness (QED) is 0.592. The Balaban J connectivity index is 1.74. The standard InChI is InChI=1S/C23H24N2O4S/c1-16-10-12-19(15-21(16)25-30(27,28)20-7-5-4-6-8-20)24-23(26)14-18-11-9-17(2)22(13-18)29-3/h4-13,15,25H,14H2,1-3H3,(H,24,26). The number of nitrogens with one attached hydrogen (secondary N) is 2. The molecule has 0 aromatic heterocycles. The zero-order valence-corrected chi connectivity index (χ0v) is 17.9. The fraction of sp³-hybridized carbons (Fsp3) is 0.174. The van der Waals surface area contributed by atoms with Crippen molar-refractivity contribution in [3.8, 4) is 5.75 Å². The Morgan fingerprint density at radius 2 is 1.63 bits per heavy atom. The molecule has 6 nitrogen and oxygen atoms in total. The first-order valence-corrected chi connectivity index (χ1v) is 10.9. The van der Waals surface area contributed by atoms with Gasteiger partial charge in [-0.3, -0.25) is 9.52 Å². The van der Waals surface area contributed by atoms with Gasteiger partial charge in [-0.05, 0) is 60.9 Å². The Hall–Kier alpha value is -3.32. The molecule has 0 spiro atoms. The molecule has 30 heavy (non-hydrogen) atoms. The van der Waals surface area contributed by atoms with E-state index in [1.54, 1.807) is 50.4 Å². The number of aryl methyl sites for hydroxylation is 2. The normalized spacial score (nSPS) is 11.0. The van der Waals surface area contributed by atoms with Gasteiger partial charge in [0, 0.05) is 5.69 Å². The molecule has 156 valence electrons. The molecule has 3 aromatic carbocycles. The number of ether oxygens (including phenoxy) is 1. The number of carbonyl (C=O) groups excluding carboxylic acids is 1. The minimum absolute atomic E-state index is 0.173. The van der Waals surface area contributed by atoms with Crippen LogP contribution in [0.1, 0.15) is 16.7 Å². The molecule has 0 atom stereocenters. The summed E-state index contributed by atoms with van der Waals surface area (Å²) in [6.45, 7) is 3.74. The monoisotopic (exact) mass is 424 g/mol. The van der Waals surface area contributed by atoms with E-state index in [0.717, 1.165) is 22.4 Å². The molecule has 0 aliphatic rings. The highest BCUT2D eigenvalue weighted by Crippen LogP contribution is 2.24. The van der Waals surface area contributed by atoms with Crippen LogP contribution in [0.3, 0.4) is 0 Å². The van der Waals surface area contributed by atoms with Crippen molar-refractivity contribution >= 4 is 27.3 Å². The average Bonchev–Trinajstić information content (AvgIpc) is 2.72. The summed E-state index contributed by atoms with van der Waals surface area (Å²) in [4.78, 5) is 12.7. The average molecular weight is 425 g/mol. The predicted octanol–water partition coefficient (Wildman–Crippen LogP) is 4.29. The Morgan fingerprint density at radius 3 is 2.33 bits per heavy atom. The maximum atomic E-state index is 12.6. The molecule has 0 bridgehead atoms. The molecule has 3 aromatic rings. The third-order valence-corrected chi connectivity index (χ3v) is 6.04. The van der Waals surface area contributed by atoms with Crippen LogP contribution < -0.4 is 14.8 Å². The first kappa shape index (κ1) is 21.4. The van der Waals surface area contributed by atoms with Crippen LogP contribution in [0.4, 0.5) is 11.4 Å². The van der Waals surface area contributed by atoms with Crippen LogP contribution in [0.2, 0.25) is 0 Å². The molecule has 0 fully saturated rings. The van der Waals surface area contributed by atoms with Gasteiger partial charge >= 0.3 is 0 Å². The van der Waals surface area contributed by atoms with Crippen LogP contribution in [0.15, 0.2) is 71.6 Å². The summed E-state index contributed by atoms with van der Waals surface area (Å²) in [5, 5.41) is 2.82. The van der Waals surface area contributed by atoms with Crippen LogP contribution in [0.25, 0.3) is 0 Å². The van der Waals surface area contributed by atoms with Gasteiger partial charge in [-0.25, -0.2) is 8.42 Å². The fourth-order valence-electron chi connectivity index (χ4n) is 2.98. The Bertz CT molecular complexity index is 1160. The number of anilines is 2. The maximum Gasteiger partial charge on any atom is 0.261 e. The zero-order chi connectivity index (χ0) is 21.7. The van der Waals surface area contributed by atoms with Crippen LogP contribution >= 0.6 is 0 Å². The van der Waals surface area contributed by atoms with E-state index in [9.17, 15) is 13.2 Å². The van der Waals surface area contributed by atoms with E-state index < -0.39 is 10.0 Å². The highest BCUT2D eigenvalue weighted by atomic mass is 32.2. The number of carbonyl (C=O) groups is 1. The van der Waals surface area contributed by atoms with E-state index >= 15 is 0 Å². The molecule has 7 heteroatoms. The summed E-state index contributed by atoms with van der Waals surface area (Å²) in [6, 6.07) is 18.9. The lowest BCUT2D eigenvalue weighted by Gasteiger charge is -2.13. The number of benzene rings is 3. The molecule has 0 aliphatic heterocycles. The Labute approximate surface area is 177 Å². The maximum absolute atomic E-state index is 12.6. The van der Waals surface area contributed by atoms with Gasteiger partial charge < -0.3 is 10.1 Å². The van der Waals surface area contributed by atoms with Gasteiger partial charge in [0.25, 0.3) is 10.0 Å². The lowest BCUT2D eigenvalue weighted by Crippen LogP contribution is -2.16. The van der Waals surface area contributed by atoms with Crippen LogP contribution in [-0.2, 0) is 21.2 Å². The molecule has 0 heterocycles.